The standard InChI is InChI=1S/C33H41N3O4S2/c1-4-6-17-33(18-7-5-2)23-36(25-11-9-8-10-12-25)28-19-31(41-3)29(20-30(28)42-35-33)40-22-32(39)34-27(21-37)24-13-15-26(38)16-14-24/h8-16,19-21,27,35,38H,4-7,17-18,22-23H2,1-3H3,(H,34,39)/t27-/m0/s1. The predicted molar refractivity (Wildman–Crippen MR) is 173 cm³/mol. The number of aromatic hydroxyl groups is 1. The SMILES string of the molecule is CCCCC1(CCCC)CN(c2ccccc2)c2cc(SC)c(OCC(=O)N[C@@H](C=O)c3ccc(O)cc3)cc2SN1. The Morgan fingerprint density at radius 2 is 1.81 bits per heavy atom. The molecule has 1 aliphatic rings. The first-order chi connectivity index (χ1) is 20.4. The second-order valence-corrected chi connectivity index (χ2v) is 12.3. The number of ether oxygens (including phenoxy) is 1. The summed E-state index contributed by atoms with van der Waals surface area (Å²) in [6, 6.07) is 20.1. The Kier molecular flexibility index (Phi) is 11.6. The molecule has 3 aromatic rings. The minimum Gasteiger partial charge on any atom is -0.508 e. The highest BCUT2D eigenvalue weighted by Crippen LogP contribution is 2.45. The van der Waals surface area contributed by atoms with Crippen LogP contribution in [0, 0.1) is 0 Å². The minimum atomic E-state index is -0.827. The summed E-state index contributed by atoms with van der Waals surface area (Å²) in [4.78, 5) is 28.9. The number of hydrogen-bond donors (Lipinski definition) is 3. The predicted octanol–water partition coefficient (Wildman–Crippen LogP) is 7.42. The molecule has 0 aromatic heterocycles. The van der Waals surface area contributed by atoms with Gasteiger partial charge < -0.3 is 24.9 Å². The summed E-state index contributed by atoms with van der Waals surface area (Å²) in [6.45, 7) is 5.12. The van der Waals surface area contributed by atoms with Crippen LogP contribution in [0.5, 0.6) is 11.5 Å². The average molecular weight is 608 g/mol. The van der Waals surface area contributed by atoms with E-state index in [1.54, 1.807) is 35.8 Å². The van der Waals surface area contributed by atoms with Crippen molar-refractivity contribution in [3.8, 4) is 11.5 Å². The number of thioether (sulfide) groups is 1. The smallest absolute Gasteiger partial charge is 0.258 e. The van der Waals surface area contributed by atoms with Crippen molar-refractivity contribution in [2.24, 2.45) is 0 Å². The van der Waals surface area contributed by atoms with Crippen LogP contribution in [0.3, 0.4) is 0 Å². The van der Waals surface area contributed by atoms with Crippen molar-refractivity contribution in [2.75, 3.05) is 24.3 Å². The van der Waals surface area contributed by atoms with E-state index < -0.39 is 11.9 Å². The van der Waals surface area contributed by atoms with E-state index in [-0.39, 0.29) is 17.9 Å². The Morgan fingerprint density at radius 3 is 2.43 bits per heavy atom. The molecule has 0 spiro atoms. The fourth-order valence-electron chi connectivity index (χ4n) is 5.17. The highest BCUT2D eigenvalue weighted by molar-refractivity contribution is 7.98. The third kappa shape index (κ3) is 8.02. The summed E-state index contributed by atoms with van der Waals surface area (Å²) in [6.07, 6.45) is 9.45. The maximum absolute atomic E-state index is 12.8. The van der Waals surface area contributed by atoms with Gasteiger partial charge in [0.2, 0.25) is 0 Å². The molecular weight excluding hydrogens is 567 g/mol. The number of nitrogens with zero attached hydrogens (tertiary/aromatic N) is 1. The number of fused-ring (bicyclic) bond motifs is 1. The van der Waals surface area contributed by atoms with E-state index in [2.05, 4.69) is 59.1 Å². The molecule has 7 nitrogen and oxygen atoms in total. The number of hydrogen-bond acceptors (Lipinski definition) is 8. The van der Waals surface area contributed by atoms with Crippen molar-refractivity contribution in [1.82, 2.24) is 10.0 Å². The van der Waals surface area contributed by atoms with Crippen LogP contribution >= 0.6 is 23.7 Å². The Balaban J connectivity index is 1.60. The highest BCUT2D eigenvalue weighted by atomic mass is 32.2. The van der Waals surface area contributed by atoms with Gasteiger partial charge in [0, 0.05) is 17.8 Å². The average Bonchev–Trinajstić information content (AvgIpc) is 3.18. The lowest BCUT2D eigenvalue weighted by molar-refractivity contribution is -0.125. The molecule has 0 unspecified atom stereocenters. The van der Waals surface area contributed by atoms with Gasteiger partial charge in [-0.25, -0.2) is 0 Å². The zero-order valence-electron chi connectivity index (χ0n) is 24.6. The van der Waals surface area contributed by atoms with Gasteiger partial charge in [0.15, 0.2) is 6.61 Å². The fourth-order valence-corrected chi connectivity index (χ4v) is 6.75. The molecule has 1 amide bonds. The molecule has 3 N–H and O–H groups in total. The molecule has 3 aromatic carbocycles. The summed E-state index contributed by atoms with van der Waals surface area (Å²) < 4.78 is 9.95. The van der Waals surface area contributed by atoms with Crippen molar-refractivity contribution >= 4 is 47.3 Å². The number of para-hydroxylation sites is 1. The van der Waals surface area contributed by atoms with Gasteiger partial charge in [-0.3, -0.25) is 9.52 Å². The molecule has 1 aliphatic heterocycles. The van der Waals surface area contributed by atoms with Crippen molar-refractivity contribution in [3.63, 3.8) is 0 Å². The number of phenols is 1. The molecule has 42 heavy (non-hydrogen) atoms. The number of carbonyl (C=O) groups is 2. The Hall–Kier alpha value is -3.14. The molecule has 0 fully saturated rings. The number of anilines is 2. The summed E-state index contributed by atoms with van der Waals surface area (Å²) in [7, 11) is 0. The van der Waals surface area contributed by atoms with E-state index in [1.807, 2.05) is 18.4 Å². The molecule has 224 valence electrons. The first-order valence-electron chi connectivity index (χ1n) is 14.6. The van der Waals surface area contributed by atoms with Crippen molar-refractivity contribution < 1.29 is 19.4 Å². The van der Waals surface area contributed by atoms with Gasteiger partial charge in [0.25, 0.3) is 5.91 Å². The van der Waals surface area contributed by atoms with Gasteiger partial charge >= 0.3 is 0 Å². The zero-order valence-corrected chi connectivity index (χ0v) is 26.2. The largest absolute Gasteiger partial charge is 0.508 e. The van der Waals surface area contributed by atoms with Crippen molar-refractivity contribution in [1.29, 1.82) is 0 Å². The van der Waals surface area contributed by atoms with Crippen LogP contribution in [-0.2, 0) is 9.59 Å². The number of nitrogens with one attached hydrogen (secondary N) is 2. The summed E-state index contributed by atoms with van der Waals surface area (Å²) >= 11 is 3.22. The van der Waals surface area contributed by atoms with Crippen LogP contribution in [0.1, 0.15) is 64.0 Å². The maximum Gasteiger partial charge on any atom is 0.258 e. The quantitative estimate of drug-likeness (QED) is 0.0991. The first kappa shape index (κ1) is 31.8. The minimum absolute atomic E-state index is 0.0515. The molecule has 0 saturated carbocycles. The highest BCUT2D eigenvalue weighted by Gasteiger charge is 2.36. The van der Waals surface area contributed by atoms with Crippen LogP contribution in [0.15, 0.2) is 76.5 Å². The monoisotopic (exact) mass is 607 g/mol. The van der Waals surface area contributed by atoms with Gasteiger partial charge in [0.05, 0.1) is 15.5 Å². The second kappa shape index (κ2) is 15.4. The molecule has 0 bridgehead atoms. The van der Waals surface area contributed by atoms with E-state index in [4.69, 9.17) is 4.74 Å². The molecule has 9 heteroatoms. The fraction of sp³-hybridized carbons (Fsp3) is 0.394. The van der Waals surface area contributed by atoms with Crippen LogP contribution < -0.4 is 19.7 Å². The summed E-state index contributed by atoms with van der Waals surface area (Å²) in [5, 5.41) is 12.2. The summed E-state index contributed by atoms with van der Waals surface area (Å²) in [5.74, 6) is 0.314. The van der Waals surface area contributed by atoms with E-state index in [9.17, 15) is 14.7 Å². The van der Waals surface area contributed by atoms with Crippen LogP contribution in [-0.4, -0.2) is 42.2 Å². The van der Waals surface area contributed by atoms with E-state index in [0.717, 1.165) is 66.2 Å². The van der Waals surface area contributed by atoms with Crippen molar-refractivity contribution in [3.05, 3.63) is 72.3 Å². The van der Waals surface area contributed by atoms with Crippen LogP contribution in [0.2, 0.25) is 0 Å². The normalized spacial score (nSPS) is 14.9. The molecule has 1 heterocycles. The van der Waals surface area contributed by atoms with Gasteiger partial charge in [-0.2, -0.15) is 0 Å². The first-order valence-corrected chi connectivity index (χ1v) is 16.6. The van der Waals surface area contributed by atoms with Crippen LogP contribution in [0.4, 0.5) is 11.4 Å². The number of amides is 1. The van der Waals surface area contributed by atoms with E-state index in [0.29, 0.717) is 17.6 Å². The Morgan fingerprint density at radius 1 is 1.12 bits per heavy atom. The lowest BCUT2D eigenvalue weighted by atomic mass is 9.87. The lowest BCUT2D eigenvalue weighted by Crippen LogP contribution is -2.49. The molecular formula is C33H41N3O4S2. The van der Waals surface area contributed by atoms with Gasteiger partial charge in [-0.1, -0.05) is 69.9 Å². The van der Waals surface area contributed by atoms with Crippen molar-refractivity contribution in [2.45, 2.75) is 73.7 Å². The number of phenolic OH excluding ortho intramolecular Hbond substituents is 1. The molecule has 0 saturated heterocycles. The number of carbonyl (C=O) groups excluding carboxylic acids is 2. The number of unbranched alkanes of at least 4 members (excludes halogenated alkanes) is 2. The summed E-state index contributed by atoms with van der Waals surface area (Å²) in [5.41, 5.74) is 2.80. The third-order valence-electron chi connectivity index (χ3n) is 7.52. The number of benzene rings is 3. The second-order valence-electron chi connectivity index (χ2n) is 10.6. The Labute approximate surface area is 257 Å². The molecule has 4 rings (SSSR count). The zero-order chi connectivity index (χ0) is 30.0. The van der Waals surface area contributed by atoms with Gasteiger partial charge in [0.1, 0.15) is 23.8 Å². The molecule has 0 aliphatic carbocycles. The number of aldehydes is 1. The van der Waals surface area contributed by atoms with E-state index >= 15 is 0 Å². The third-order valence-corrected chi connectivity index (χ3v) is 9.36. The molecule has 0 radical (unpaired) electrons. The maximum atomic E-state index is 12.8. The molecule has 1 atom stereocenters. The van der Waals surface area contributed by atoms with Gasteiger partial charge in [-0.15, -0.1) is 11.8 Å². The van der Waals surface area contributed by atoms with Gasteiger partial charge in [-0.05, 0) is 73.0 Å². The topological polar surface area (TPSA) is 90.9 Å². The number of rotatable bonds is 14. The van der Waals surface area contributed by atoms with E-state index in [1.165, 1.54) is 12.1 Å². The van der Waals surface area contributed by atoms with Crippen LogP contribution in [0.25, 0.3) is 0 Å². The lowest BCUT2D eigenvalue weighted by Gasteiger charge is -2.38. The Bertz CT molecular complexity index is 1310.